The molecule has 1 aromatic carbocycles. The first-order chi connectivity index (χ1) is 10.9. The van der Waals surface area contributed by atoms with E-state index in [4.69, 9.17) is 4.74 Å². The van der Waals surface area contributed by atoms with Gasteiger partial charge < -0.3 is 19.7 Å². The largest absolute Gasteiger partial charge is 0.495 e. The lowest BCUT2D eigenvalue weighted by Crippen LogP contribution is -2.48. The smallest absolute Gasteiger partial charge is 0.475 e. The van der Waals surface area contributed by atoms with E-state index in [1.54, 1.807) is 12.1 Å². The number of likely N-dealkylation sites (tertiary alicyclic amines) is 1. The molecule has 8 nitrogen and oxygen atoms in total. The van der Waals surface area contributed by atoms with Gasteiger partial charge in [-0.25, -0.2) is 13.1 Å². The van der Waals surface area contributed by atoms with Crippen molar-refractivity contribution in [3.63, 3.8) is 0 Å². The maximum absolute atomic E-state index is 12.3. The molecule has 10 heteroatoms. The number of carbonyl (C=O) groups is 1. The second kappa shape index (κ2) is 7.30. The summed E-state index contributed by atoms with van der Waals surface area (Å²) in [6.07, 6.45) is 1.12. The zero-order chi connectivity index (χ0) is 17.0. The molecule has 1 fully saturated rings. The maximum Gasteiger partial charge on any atom is 0.475 e. The Morgan fingerprint density at radius 2 is 2.13 bits per heavy atom. The number of sulfonamides is 1. The van der Waals surface area contributed by atoms with Crippen molar-refractivity contribution in [2.75, 3.05) is 20.2 Å². The van der Waals surface area contributed by atoms with E-state index in [-0.39, 0.29) is 10.6 Å². The van der Waals surface area contributed by atoms with Crippen LogP contribution in [-0.4, -0.2) is 62.5 Å². The number of methoxy groups -OCH3 is 1. The van der Waals surface area contributed by atoms with Crippen LogP contribution in [0.1, 0.15) is 12.8 Å². The topological polar surface area (TPSA) is 116 Å². The summed E-state index contributed by atoms with van der Waals surface area (Å²) in [5.74, 6) is -1.02. The summed E-state index contributed by atoms with van der Waals surface area (Å²) in [4.78, 5) is 13.4. The predicted octanol–water partition coefficient (Wildman–Crippen LogP) is -1.02. The lowest BCUT2D eigenvalue weighted by Gasteiger charge is -2.24. The van der Waals surface area contributed by atoms with Crippen molar-refractivity contribution in [2.24, 2.45) is 0 Å². The number of hydrogen-bond donors (Lipinski definition) is 3. The molecule has 0 spiro atoms. The van der Waals surface area contributed by atoms with Gasteiger partial charge in [0.25, 0.3) is 0 Å². The summed E-state index contributed by atoms with van der Waals surface area (Å²) in [5, 5.41) is 18.5. The molecule has 1 amide bonds. The zero-order valence-electron chi connectivity index (χ0n) is 12.7. The molecule has 1 aliphatic rings. The normalized spacial score (nSPS) is 18.0. The summed E-state index contributed by atoms with van der Waals surface area (Å²) in [6.45, 7) is -0.0822. The third kappa shape index (κ3) is 4.02. The molecule has 126 valence electrons. The summed E-state index contributed by atoms with van der Waals surface area (Å²) in [5.41, 5.74) is 0. The number of benzene rings is 1. The van der Waals surface area contributed by atoms with E-state index in [1.807, 2.05) is 0 Å². The minimum absolute atomic E-state index is 0.0598. The molecule has 1 atom stereocenters. The lowest BCUT2D eigenvalue weighted by molar-refractivity contribution is -0.129. The third-order valence-electron chi connectivity index (χ3n) is 3.74. The number of ether oxygens (including phenoxy) is 1. The summed E-state index contributed by atoms with van der Waals surface area (Å²) in [6, 6.07) is 6.08. The van der Waals surface area contributed by atoms with Gasteiger partial charge in [-0.3, -0.25) is 4.79 Å². The molecule has 1 saturated heterocycles. The molecule has 0 saturated carbocycles. The van der Waals surface area contributed by atoms with Crippen molar-refractivity contribution >= 4 is 23.0 Å². The third-order valence-corrected chi connectivity index (χ3v) is 5.18. The molecule has 1 unspecified atom stereocenters. The summed E-state index contributed by atoms with van der Waals surface area (Å²) in [7, 11) is -4.19. The van der Waals surface area contributed by atoms with Crippen LogP contribution in [0.25, 0.3) is 0 Å². The minimum atomic E-state index is -3.91. The Hall–Kier alpha value is -1.62. The van der Waals surface area contributed by atoms with Crippen LogP contribution >= 0.6 is 0 Å². The first kappa shape index (κ1) is 17.7. The maximum atomic E-state index is 12.3. The van der Waals surface area contributed by atoms with E-state index in [0.29, 0.717) is 19.4 Å². The average Bonchev–Trinajstić information content (AvgIpc) is 3.02. The minimum Gasteiger partial charge on any atom is -0.495 e. The van der Waals surface area contributed by atoms with E-state index < -0.39 is 35.5 Å². The molecule has 3 N–H and O–H groups in total. The summed E-state index contributed by atoms with van der Waals surface area (Å²) < 4.78 is 31.8. The Bertz CT molecular complexity index is 666. The molecular formula is C13H19BN2O6S. The van der Waals surface area contributed by atoms with Gasteiger partial charge in [0, 0.05) is 6.54 Å². The van der Waals surface area contributed by atoms with Crippen molar-refractivity contribution in [2.45, 2.75) is 23.7 Å². The van der Waals surface area contributed by atoms with Gasteiger partial charge in [-0.05, 0) is 25.0 Å². The predicted molar refractivity (Wildman–Crippen MR) is 83.1 cm³/mol. The quantitative estimate of drug-likeness (QED) is 0.570. The fourth-order valence-corrected chi connectivity index (χ4v) is 3.73. The van der Waals surface area contributed by atoms with Crippen molar-refractivity contribution < 1.29 is 28.0 Å². The lowest BCUT2D eigenvalue weighted by atomic mass is 9.78. The van der Waals surface area contributed by atoms with Crippen LogP contribution in [0.4, 0.5) is 0 Å². The number of rotatable bonds is 6. The number of para-hydroxylation sites is 1. The van der Waals surface area contributed by atoms with Gasteiger partial charge in [0.2, 0.25) is 15.9 Å². The highest BCUT2D eigenvalue weighted by atomic mass is 32.2. The SMILES string of the molecule is COc1ccccc1S(=O)(=O)NCC(=O)N1CCCC1B(O)O. The van der Waals surface area contributed by atoms with Crippen LogP contribution < -0.4 is 9.46 Å². The second-order valence-electron chi connectivity index (χ2n) is 5.19. The number of nitrogens with zero attached hydrogens (tertiary/aromatic N) is 1. The van der Waals surface area contributed by atoms with E-state index in [9.17, 15) is 23.3 Å². The van der Waals surface area contributed by atoms with Gasteiger partial charge in [-0.1, -0.05) is 12.1 Å². The van der Waals surface area contributed by atoms with Crippen molar-refractivity contribution in [1.29, 1.82) is 0 Å². The molecule has 0 aliphatic carbocycles. The molecule has 23 heavy (non-hydrogen) atoms. The van der Waals surface area contributed by atoms with Crippen LogP contribution in [0.5, 0.6) is 5.75 Å². The summed E-state index contributed by atoms with van der Waals surface area (Å²) >= 11 is 0. The van der Waals surface area contributed by atoms with Crippen LogP contribution in [0, 0.1) is 0 Å². The number of hydrogen-bond acceptors (Lipinski definition) is 6. The highest BCUT2D eigenvalue weighted by Gasteiger charge is 2.37. The molecule has 1 aromatic rings. The molecule has 0 radical (unpaired) electrons. The Morgan fingerprint density at radius 1 is 1.43 bits per heavy atom. The standard InChI is InChI=1S/C13H19BN2O6S/c1-22-10-5-2-3-6-11(10)23(20,21)15-9-13(17)16-8-4-7-12(16)14(18)19/h2-3,5-6,12,15,18-19H,4,7-9H2,1H3. The van der Waals surface area contributed by atoms with Gasteiger partial charge in [0.15, 0.2) is 0 Å². The Kier molecular flexibility index (Phi) is 5.63. The number of amides is 1. The van der Waals surface area contributed by atoms with Crippen molar-refractivity contribution in [3.05, 3.63) is 24.3 Å². The van der Waals surface area contributed by atoms with E-state index >= 15 is 0 Å². The second-order valence-corrected chi connectivity index (χ2v) is 6.92. The monoisotopic (exact) mass is 342 g/mol. The molecule has 0 bridgehead atoms. The van der Waals surface area contributed by atoms with Gasteiger partial charge in [0.05, 0.1) is 19.6 Å². The van der Waals surface area contributed by atoms with Gasteiger partial charge in [0.1, 0.15) is 10.6 Å². The van der Waals surface area contributed by atoms with Gasteiger partial charge >= 0.3 is 7.12 Å². The van der Waals surface area contributed by atoms with E-state index in [0.717, 1.165) is 0 Å². The van der Waals surface area contributed by atoms with Crippen LogP contribution in [0.3, 0.4) is 0 Å². The first-order valence-corrected chi connectivity index (χ1v) is 8.63. The number of carbonyl (C=O) groups excluding carboxylic acids is 1. The highest BCUT2D eigenvalue weighted by molar-refractivity contribution is 7.89. The van der Waals surface area contributed by atoms with E-state index in [1.165, 1.54) is 24.1 Å². The van der Waals surface area contributed by atoms with Crippen LogP contribution in [-0.2, 0) is 14.8 Å². The first-order valence-electron chi connectivity index (χ1n) is 7.15. The average molecular weight is 342 g/mol. The van der Waals surface area contributed by atoms with Crippen LogP contribution in [0.15, 0.2) is 29.2 Å². The molecule has 1 aliphatic heterocycles. The Labute approximate surface area is 135 Å². The van der Waals surface area contributed by atoms with Gasteiger partial charge in [-0.2, -0.15) is 0 Å². The van der Waals surface area contributed by atoms with Crippen molar-refractivity contribution in [1.82, 2.24) is 9.62 Å². The fourth-order valence-electron chi connectivity index (χ4n) is 2.59. The zero-order valence-corrected chi connectivity index (χ0v) is 13.5. The van der Waals surface area contributed by atoms with Gasteiger partial charge in [-0.15, -0.1) is 0 Å². The molecule has 2 rings (SSSR count). The van der Waals surface area contributed by atoms with E-state index in [2.05, 4.69) is 4.72 Å². The van der Waals surface area contributed by atoms with Crippen molar-refractivity contribution in [3.8, 4) is 5.75 Å². The Balaban J connectivity index is 2.06. The molecular weight excluding hydrogens is 323 g/mol. The highest BCUT2D eigenvalue weighted by Crippen LogP contribution is 2.22. The molecule has 1 heterocycles. The van der Waals surface area contributed by atoms with Crippen LogP contribution in [0.2, 0.25) is 0 Å². The number of nitrogens with one attached hydrogen (secondary N) is 1. The fraction of sp³-hybridized carbons (Fsp3) is 0.462. The Morgan fingerprint density at radius 3 is 2.78 bits per heavy atom. The molecule has 0 aromatic heterocycles.